The second-order valence-electron chi connectivity index (χ2n) is 9.22. The molecular weight excluding hydrogens is 452 g/mol. The fourth-order valence-corrected chi connectivity index (χ4v) is 5.50. The third kappa shape index (κ3) is 3.86. The number of aryl methyl sites for hydroxylation is 1. The maximum atomic E-state index is 13.7. The van der Waals surface area contributed by atoms with Crippen molar-refractivity contribution in [1.82, 2.24) is 9.55 Å². The van der Waals surface area contributed by atoms with Gasteiger partial charge in [-0.15, -0.1) is 0 Å². The molecule has 2 aromatic carbocycles. The molecule has 1 aliphatic rings. The molecule has 1 N–H and O–H groups in total. The molecule has 36 heavy (non-hydrogen) atoms. The summed E-state index contributed by atoms with van der Waals surface area (Å²) in [6, 6.07) is 14.0. The Kier molecular flexibility index (Phi) is 6.54. The van der Waals surface area contributed by atoms with Gasteiger partial charge in [0, 0.05) is 40.5 Å². The van der Waals surface area contributed by atoms with Crippen molar-refractivity contribution in [3.8, 4) is 28.1 Å². The van der Waals surface area contributed by atoms with E-state index in [9.17, 15) is 9.90 Å². The van der Waals surface area contributed by atoms with Gasteiger partial charge in [0.1, 0.15) is 5.75 Å². The number of carbonyl (C=O) groups excluding carboxylic acids is 1. The van der Waals surface area contributed by atoms with Crippen LogP contribution in [0.5, 0.6) is 5.75 Å². The lowest BCUT2D eigenvalue weighted by molar-refractivity contribution is 0.0528. The number of carbonyl (C=O) groups is 1. The fraction of sp³-hybridized carbons (Fsp3) is 0.333. The summed E-state index contributed by atoms with van der Waals surface area (Å²) < 4.78 is 13.6. The smallest absolute Gasteiger partial charge is 0.340 e. The van der Waals surface area contributed by atoms with Crippen molar-refractivity contribution in [2.24, 2.45) is 0 Å². The molecule has 4 aromatic rings. The summed E-state index contributed by atoms with van der Waals surface area (Å²) >= 11 is 0. The molecular formula is C30H32N2O4. The van der Waals surface area contributed by atoms with Crippen LogP contribution in [0.4, 0.5) is 0 Å². The lowest BCUT2D eigenvalue weighted by Crippen LogP contribution is -2.16. The number of hydrogen-bond acceptors (Lipinski definition) is 5. The van der Waals surface area contributed by atoms with Crippen molar-refractivity contribution >= 4 is 16.9 Å². The van der Waals surface area contributed by atoms with Crippen LogP contribution in [-0.2, 0) is 24.1 Å². The average Bonchev–Trinajstić information content (AvgIpc) is 3.22. The van der Waals surface area contributed by atoms with Gasteiger partial charge in [-0.2, -0.15) is 0 Å². The van der Waals surface area contributed by atoms with Gasteiger partial charge in [-0.05, 0) is 62.1 Å². The molecule has 0 saturated heterocycles. The number of aromatic nitrogens is 2. The highest BCUT2D eigenvalue weighted by Gasteiger charge is 2.34. The number of hydrogen-bond donors (Lipinski definition) is 1. The van der Waals surface area contributed by atoms with E-state index in [1.807, 2.05) is 49.5 Å². The summed E-state index contributed by atoms with van der Waals surface area (Å²) in [5.74, 6) is 0.284. The monoisotopic (exact) mass is 484 g/mol. The quantitative estimate of drug-likeness (QED) is 0.320. The summed E-state index contributed by atoms with van der Waals surface area (Å²) in [7, 11) is 1.61. The van der Waals surface area contributed by atoms with E-state index in [0.717, 1.165) is 75.9 Å². The number of aliphatic hydroxyl groups is 1. The van der Waals surface area contributed by atoms with Crippen LogP contribution in [-0.4, -0.2) is 34.3 Å². The second kappa shape index (κ2) is 9.78. The Balaban J connectivity index is 1.89. The van der Waals surface area contributed by atoms with Gasteiger partial charge >= 0.3 is 5.97 Å². The Morgan fingerprint density at radius 2 is 1.97 bits per heavy atom. The fourth-order valence-electron chi connectivity index (χ4n) is 5.50. The van der Waals surface area contributed by atoms with Crippen molar-refractivity contribution < 1.29 is 19.4 Å². The Hall–Kier alpha value is -3.64. The number of nitrogens with zero attached hydrogens (tertiary/aromatic N) is 2. The first kappa shape index (κ1) is 24.1. The third-order valence-corrected chi connectivity index (χ3v) is 7.02. The van der Waals surface area contributed by atoms with E-state index in [1.165, 1.54) is 0 Å². The number of rotatable bonds is 7. The lowest BCUT2D eigenvalue weighted by Gasteiger charge is -2.24. The van der Waals surface area contributed by atoms with Gasteiger partial charge in [-0.25, -0.2) is 4.79 Å². The van der Waals surface area contributed by atoms with Crippen LogP contribution >= 0.6 is 0 Å². The topological polar surface area (TPSA) is 73.6 Å². The number of benzene rings is 2. The van der Waals surface area contributed by atoms with E-state index in [-0.39, 0.29) is 5.97 Å². The molecule has 6 nitrogen and oxygen atoms in total. The minimum absolute atomic E-state index is 0.292. The van der Waals surface area contributed by atoms with E-state index in [1.54, 1.807) is 14.0 Å². The first-order chi connectivity index (χ1) is 17.5. The highest BCUT2D eigenvalue weighted by atomic mass is 16.5. The molecule has 1 unspecified atom stereocenters. The van der Waals surface area contributed by atoms with Crippen LogP contribution in [0.15, 0.2) is 48.7 Å². The van der Waals surface area contributed by atoms with E-state index < -0.39 is 6.10 Å². The van der Waals surface area contributed by atoms with Crippen LogP contribution < -0.4 is 4.74 Å². The van der Waals surface area contributed by atoms with Gasteiger partial charge in [-0.3, -0.25) is 4.98 Å². The highest BCUT2D eigenvalue weighted by molar-refractivity contribution is 6.09. The molecule has 6 heteroatoms. The van der Waals surface area contributed by atoms with Crippen molar-refractivity contribution in [2.45, 2.75) is 52.7 Å². The standard InChI is InChI=1S/C30H32N2O4/c1-5-9-25-27(21-12-14-31-24-11-8-7-10-20(21)24)28(30(34)36-6-2)29-23-17-26(35-4)22(18(3)33)16-19(23)13-15-32(25)29/h7-8,10-12,14,16-18,33H,5-6,9,13,15H2,1-4H3. The lowest BCUT2D eigenvalue weighted by atomic mass is 9.90. The number of ether oxygens (including phenoxy) is 2. The maximum absolute atomic E-state index is 13.7. The second-order valence-corrected chi connectivity index (χ2v) is 9.22. The molecule has 0 spiro atoms. The maximum Gasteiger partial charge on any atom is 0.340 e. The summed E-state index contributed by atoms with van der Waals surface area (Å²) in [4.78, 5) is 18.2. The first-order valence-corrected chi connectivity index (χ1v) is 12.7. The van der Waals surface area contributed by atoms with Crippen LogP contribution in [0.3, 0.4) is 0 Å². The highest BCUT2D eigenvalue weighted by Crippen LogP contribution is 2.46. The minimum atomic E-state index is -0.655. The molecule has 2 aromatic heterocycles. The van der Waals surface area contributed by atoms with E-state index in [4.69, 9.17) is 9.47 Å². The molecule has 1 atom stereocenters. The Bertz CT molecular complexity index is 1450. The number of methoxy groups -OCH3 is 1. The van der Waals surface area contributed by atoms with Crippen LogP contribution in [0.25, 0.3) is 33.3 Å². The summed E-state index contributed by atoms with van der Waals surface area (Å²) in [6.07, 6.45) is 3.73. The van der Waals surface area contributed by atoms with Gasteiger partial charge in [-0.1, -0.05) is 31.5 Å². The molecule has 0 fully saturated rings. The molecule has 0 radical (unpaired) electrons. The average molecular weight is 485 g/mol. The zero-order valence-corrected chi connectivity index (χ0v) is 21.3. The Morgan fingerprint density at radius 3 is 2.69 bits per heavy atom. The van der Waals surface area contributed by atoms with Crippen molar-refractivity contribution in [2.75, 3.05) is 13.7 Å². The van der Waals surface area contributed by atoms with Gasteiger partial charge in [0.2, 0.25) is 0 Å². The SMILES string of the molecule is CCCc1c(-c2ccnc3ccccc23)c(C(=O)OCC)c2n1CCc1cc(C(C)O)c(OC)cc1-2. The van der Waals surface area contributed by atoms with Crippen molar-refractivity contribution in [3.05, 3.63) is 71.0 Å². The number of pyridine rings is 1. The summed E-state index contributed by atoms with van der Waals surface area (Å²) in [5, 5.41) is 11.4. The summed E-state index contributed by atoms with van der Waals surface area (Å²) in [5.41, 5.74) is 8.19. The van der Waals surface area contributed by atoms with Crippen LogP contribution in [0, 0.1) is 0 Å². The zero-order chi connectivity index (χ0) is 25.4. The molecule has 0 saturated carbocycles. The molecule has 1 aliphatic heterocycles. The first-order valence-electron chi connectivity index (χ1n) is 12.7. The Morgan fingerprint density at radius 1 is 1.17 bits per heavy atom. The zero-order valence-electron chi connectivity index (χ0n) is 21.3. The molecule has 3 heterocycles. The predicted molar refractivity (Wildman–Crippen MR) is 141 cm³/mol. The predicted octanol–water partition coefficient (Wildman–Crippen LogP) is 6.12. The number of fused-ring (bicyclic) bond motifs is 4. The third-order valence-electron chi connectivity index (χ3n) is 7.02. The van der Waals surface area contributed by atoms with Gasteiger partial charge < -0.3 is 19.1 Å². The van der Waals surface area contributed by atoms with Crippen LogP contribution in [0.2, 0.25) is 0 Å². The largest absolute Gasteiger partial charge is 0.496 e. The molecule has 0 aliphatic carbocycles. The normalized spacial score (nSPS) is 13.2. The van der Waals surface area contributed by atoms with E-state index >= 15 is 0 Å². The van der Waals surface area contributed by atoms with E-state index in [2.05, 4.69) is 22.5 Å². The van der Waals surface area contributed by atoms with Crippen molar-refractivity contribution in [3.63, 3.8) is 0 Å². The van der Waals surface area contributed by atoms with Crippen LogP contribution in [0.1, 0.15) is 60.5 Å². The van der Waals surface area contributed by atoms with Crippen molar-refractivity contribution in [1.29, 1.82) is 0 Å². The number of para-hydroxylation sites is 1. The number of aliphatic hydroxyl groups excluding tert-OH is 1. The molecule has 0 bridgehead atoms. The molecule has 186 valence electrons. The summed E-state index contributed by atoms with van der Waals surface area (Å²) in [6.45, 7) is 6.78. The van der Waals surface area contributed by atoms with E-state index in [0.29, 0.717) is 17.9 Å². The Labute approximate surface area is 211 Å². The van der Waals surface area contributed by atoms with Gasteiger partial charge in [0.05, 0.1) is 36.6 Å². The van der Waals surface area contributed by atoms with Gasteiger partial charge in [0.25, 0.3) is 0 Å². The molecule has 0 amide bonds. The molecule has 5 rings (SSSR count). The van der Waals surface area contributed by atoms with Gasteiger partial charge in [0.15, 0.2) is 0 Å². The minimum Gasteiger partial charge on any atom is -0.496 e. The number of esters is 1.